The van der Waals surface area contributed by atoms with Gasteiger partial charge in [0.05, 0.1) is 23.7 Å². The molecule has 2 aromatic rings. The van der Waals surface area contributed by atoms with Crippen LogP contribution in [0.1, 0.15) is 25.7 Å². The number of benzene rings is 1. The van der Waals surface area contributed by atoms with E-state index in [4.69, 9.17) is 23.2 Å². The fourth-order valence-corrected chi connectivity index (χ4v) is 3.37. The first-order chi connectivity index (χ1) is 11.6. The Morgan fingerprint density at radius 3 is 2.58 bits per heavy atom. The van der Waals surface area contributed by atoms with Crippen LogP contribution in [0.2, 0.25) is 10.0 Å². The molecule has 128 valence electrons. The van der Waals surface area contributed by atoms with Crippen LogP contribution in [0.4, 0.5) is 5.69 Å². The lowest BCUT2D eigenvalue weighted by Crippen LogP contribution is -2.28. The van der Waals surface area contributed by atoms with E-state index in [0.717, 1.165) is 12.8 Å². The van der Waals surface area contributed by atoms with E-state index in [1.165, 1.54) is 23.7 Å². The molecule has 2 N–H and O–H groups in total. The van der Waals surface area contributed by atoms with Crippen molar-refractivity contribution in [1.29, 1.82) is 0 Å². The number of rotatable bonds is 5. The quantitative estimate of drug-likeness (QED) is 0.848. The van der Waals surface area contributed by atoms with Crippen LogP contribution in [0.25, 0.3) is 5.69 Å². The maximum Gasteiger partial charge on any atom is 0.292 e. The van der Waals surface area contributed by atoms with Gasteiger partial charge in [-0.05, 0) is 43.0 Å². The summed E-state index contributed by atoms with van der Waals surface area (Å²) in [6, 6.07) is 6.76. The van der Waals surface area contributed by atoms with Crippen molar-refractivity contribution in [3.63, 3.8) is 0 Å². The first kappa shape index (κ1) is 17.3. The molecule has 1 fully saturated rings. The summed E-state index contributed by atoms with van der Waals surface area (Å²) in [5.41, 5.74) is 0.604. The van der Waals surface area contributed by atoms with Crippen LogP contribution in [0.5, 0.6) is 0 Å². The van der Waals surface area contributed by atoms with E-state index in [2.05, 4.69) is 10.4 Å². The summed E-state index contributed by atoms with van der Waals surface area (Å²) in [4.78, 5) is 12.4. The first-order valence-corrected chi connectivity index (χ1v) is 8.77. The average molecular weight is 368 g/mol. The second-order valence-corrected chi connectivity index (χ2v) is 6.87. The average Bonchev–Trinajstić information content (AvgIpc) is 3.12. The van der Waals surface area contributed by atoms with Crippen molar-refractivity contribution in [2.45, 2.75) is 31.8 Å². The Kier molecular flexibility index (Phi) is 5.43. The van der Waals surface area contributed by atoms with Crippen LogP contribution in [-0.4, -0.2) is 27.5 Å². The second kappa shape index (κ2) is 7.55. The molecule has 0 amide bonds. The summed E-state index contributed by atoms with van der Waals surface area (Å²) in [5, 5.41) is 18.0. The molecule has 24 heavy (non-hydrogen) atoms. The minimum Gasteiger partial charge on any atom is -0.391 e. The van der Waals surface area contributed by atoms with Gasteiger partial charge in [0.1, 0.15) is 5.02 Å². The molecule has 1 unspecified atom stereocenters. The van der Waals surface area contributed by atoms with Gasteiger partial charge in [-0.15, -0.1) is 0 Å². The third-order valence-corrected chi connectivity index (χ3v) is 5.05. The van der Waals surface area contributed by atoms with Gasteiger partial charge in [-0.1, -0.05) is 36.0 Å². The predicted molar refractivity (Wildman–Crippen MR) is 96.3 cm³/mol. The van der Waals surface area contributed by atoms with Crippen LogP contribution in [0.15, 0.2) is 35.3 Å². The summed E-state index contributed by atoms with van der Waals surface area (Å²) < 4.78 is 1.22. The van der Waals surface area contributed by atoms with Crippen molar-refractivity contribution in [2.24, 2.45) is 5.92 Å². The first-order valence-electron chi connectivity index (χ1n) is 8.02. The number of aliphatic hydroxyl groups is 1. The molecule has 1 atom stereocenters. The van der Waals surface area contributed by atoms with Crippen molar-refractivity contribution in [2.75, 3.05) is 11.9 Å². The van der Waals surface area contributed by atoms with Gasteiger partial charge in [-0.25, -0.2) is 0 Å². The van der Waals surface area contributed by atoms with Crippen LogP contribution in [-0.2, 0) is 0 Å². The van der Waals surface area contributed by atoms with E-state index in [1.54, 1.807) is 24.3 Å². The highest BCUT2D eigenvalue weighted by molar-refractivity contribution is 6.33. The Morgan fingerprint density at radius 1 is 1.25 bits per heavy atom. The molecule has 1 aromatic heterocycles. The van der Waals surface area contributed by atoms with Gasteiger partial charge in [0.2, 0.25) is 0 Å². The zero-order valence-electron chi connectivity index (χ0n) is 13.1. The number of hydrogen-bond donors (Lipinski definition) is 2. The highest BCUT2D eigenvalue weighted by Gasteiger charge is 2.23. The van der Waals surface area contributed by atoms with Gasteiger partial charge >= 0.3 is 0 Å². The molecular weight excluding hydrogens is 349 g/mol. The van der Waals surface area contributed by atoms with E-state index in [9.17, 15) is 9.90 Å². The molecule has 5 nitrogen and oxygen atoms in total. The lowest BCUT2D eigenvalue weighted by molar-refractivity contribution is 0.123. The minimum absolute atomic E-state index is 0.0542. The Balaban J connectivity index is 1.75. The van der Waals surface area contributed by atoms with Crippen LogP contribution < -0.4 is 10.9 Å². The number of anilines is 1. The smallest absolute Gasteiger partial charge is 0.292 e. The van der Waals surface area contributed by atoms with Crippen LogP contribution >= 0.6 is 23.2 Å². The van der Waals surface area contributed by atoms with E-state index in [-0.39, 0.29) is 5.02 Å². The van der Waals surface area contributed by atoms with Crippen molar-refractivity contribution < 1.29 is 5.11 Å². The molecule has 0 radical (unpaired) electrons. The maximum atomic E-state index is 12.4. The van der Waals surface area contributed by atoms with E-state index in [0.29, 0.717) is 28.9 Å². The van der Waals surface area contributed by atoms with Gasteiger partial charge in [0.15, 0.2) is 0 Å². The number of halogens is 2. The highest BCUT2D eigenvalue weighted by Crippen LogP contribution is 2.28. The van der Waals surface area contributed by atoms with Gasteiger partial charge in [0, 0.05) is 11.6 Å². The second-order valence-electron chi connectivity index (χ2n) is 6.06. The molecule has 3 rings (SSSR count). The van der Waals surface area contributed by atoms with Gasteiger partial charge in [-0.2, -0.15) is 9.78 Å². The lowest BCUT2D eigenvalue weighted by Gasteiger charge is -2.19. The van der Waals surface area contributed by atoms with Gasteiger partial charge in [0.25, 0.3) is 5.56 Å². The monoisotopic (exact) mass is 367 g/mol. The number of aromatic nitrogens is 2. The summed E-state index contributed by atoms with van der Waals surface area (Å²) in [5.74, 6) is 0.318. The number of aliphatic hydroxyl groups excluding tert-OH is 1. The molecule has 1 saturated carbocycles. The van der Waals surface area contributed by atoms with Gasteiger partial charge in [-0.3, -0.25) is 4.79 Å². The Hall–Kier alpha value is -1.56. The molecule has 0 bridgehead atoms. The van der Waals surface area contributed by atoms with Crippen LogP contribution in [0, 0.1) is 5.92 Å². The zero-order valence-corrected chi connectivity index (χ0v) is 14.6. The van der Waals surface area contributed by atoms with Crippen molar-refractivity contribution in [3.05, 3.63) is 50.9 Å². The molecule has 7 heteroatoms. The SMILES string of the molecule is O=c1c(Cl)c(NCC(O)C2CCCC2)cnn1-c1ccc(Cl)cc1. The fourth-order valence-electron chi connectivity index (χ4n) is 3.05. The Labute approximate surface area is 150 Å². The van der Waals surface area contributed by atoms with E-state index >= 15 is 0 Å². The minimum atomic E-state index is -0.442. The summed E-state index contributed by atoms with van der Waals surface area (Å²) in [6.07, 6.45) is 5.49. The molecule has 1 aromatic carbocycles. The summed E-state index contributed by atoms with van der Waals surface area (Å²) in [7, 11) is 0. The Morgan fingerprint density at radius 2 is 1.92 bits per heavy atom. The van der Waals surface area contributed by atoms with Crippen molar-refractivity contribution in [1.82, 2.24) is 9.78 Å². The topological polar surface area (TPSA) is 67.2 Å². The highest BCUT2D eigenvalue weighted by atomic mass is 35.5. The normalized spacial score (nSPS) is 16.3. The fraction of sp³-hybridized carbons (Fsp3) is 0.412. The molecular formula is C17H19Cl2N3O2. The predicted octanol–water partition coefficient (Wildman–Crippen LogP) is 3.50. The molecule has 1 aliphatic rings. The summed E-state index contributed by atoms with van der Waals surface area (Å²) >= 11 is 12.0. The molecule has 1 heterocycles. The maximum absolute atomic E-state index is 12.4. The van der Waals surface area contributed by atoms with Gasteiger partial charge < -0.3 is 10.4 Å². The van der Waals surface area contributed by atoms with E-state index in [1.807, 2.05) is 0 Å². The van der Waals surface area contributed by atoms with Crippen molar-refractivity contribution in [3.8, 4) is 5.69 Å². The van der Waals surface area contributed by atoms with Crippen LogP contribution in [0.3, 0.4) is 0 Å². The zero-order chi connectivity index (χ0) is 17.1. The third kappa shape index (κ3) is 3.74. The standard InChI is InChI=1S/C17H19Cl2N3O2/c18-12-5-7-13(8-6-12)22-17(24)16(19)14(9-21-22)20-10-15(23)11-3-1-2-4-11/h5-9,11,15,20,23H,1-4,10H2. The molecule has 1 aliphatic carbocycles. The number of nitrogens with one attached hydrogen (secondary N) is 1. The van der Waals surface area contributed by atoms with E-state index < -0.39 is 11.7 Å². The number of nitrogens with zero attached hydrogens (tertiary/aromatic N) is 2. The molecule has 0 saturated heterocycles. The molecule has 0 aliphatic heterocycles. The van der Waals surface area contributed by atoms with Crippen molar-refractivity contribution >= 4 is 28.9 Å². The molecule has 0 spiro atoms. The summed E-state index contributed by atoms with van der Waals surface area (Å²) in [6.45, 7) is 0.358. The Bertz CT molecular complexity index is 755. The number of hydrogen-bond acceptors (Lipinski definition) is 4. The lowest BCUT2D eigenvalue weighted by atomic mass is 10.0. The third-order valence-electron chi connectivity index (χ3n) is 4.44. The largest absolute Gasteiger partial charge is 0.391 e.